The molecule has 8 nitrogen and oxygen atoms in total. The average Bonchev–Trinajstić information content (AvgIpc) is 3.57. The molecule has 3 atom stereocenters. The number of hydrogen-bond donors (Lipinski definition) is 2. The number of pyridine rings is 1. The zero-order valence-corrected chi connectivity index (χ0v) is 25.2. The number of nitrogens with zero attached hydrogens (tertiary/aromatic N) is 5. The highest BCUT2D eigenvalue weighted by Crippen LogP contribution is 2.39. The molecule has 3 fully saturated rings. The predicted molar refractivity (Wildman–Crippen MR) is 166 cm³/mol. The summed E-state index contributed by atoms with van der Waals surface area (Å²) in [5, 5.41) is 14.4. The Balaban J connectivity index is 1.50. The molecule has 13 heteroatoms. The second-order valence-corrected chi connectivity index (χ2v) is 13.0. The number of terminal acetylenes is 1. The standard InChI is InChI=1S/C32H30F4N6O2S/c1-3-22-24(33)9-6-17-11-21(43)12-25(27(17)22)42-26(32(34,35)36)13-23-28(30(42)44)38-31(45-16-20-5-4-10-40(20)2)39-29(23)41-14-18-7-8-19(15-41)37-18/h1,6,9,11-13,18-20,37,43H,4-5,7-8,10,14-16H2,2H3/t18-,19+,20-/m0/s1. The number of piperazine rings is 1. The number of benzene rings is 2. The lowest BCUT2D eigenvalue weighted by Crippen LogP contribution is -2.51. The fourth-order valence-electron chi connectivity index (χ4n) is 6.95. The number of anilines is 1. The van der Waals surface area contributed by atoms with E-state index >= 15 is 0 Å². The monoisotopic (exact) mass is 638 g/mol. The van der Waals surface area contributed by atoms with Gasteiger partial charge in [0.2, 0.25) is 0 Å². The summed E-state index contributed by atoms with van der Waals surface area (Å²) in [6.07, 6.45) is 4.54. The Bertz CT molecular complexity index is 1930. The van der Waals surface area contributed by atoms with Crippen LogP contribution in [-0.4, -0.2) is 75.1 Å². The summed E-state index contributed by atoms with van der Waals surface area (Å²) in [5.74, 6) is 1.89. The number of rotatable bonds is 5. The molecule has 0 spiro atoms. The summed E-state index contributed by atoms with van der Waals surface area (Å²) < 4.78 is 60.1. The Morgan fingerprint density at radius 2 is 1.89 bits per heavy atom. The van der Waals surface area contributed by atoms with Gasteiger partial charge in [-0.05, 0) is 62.9 Å². The van der Waals surface area contributed by atoms with Gasteiger partial charge in [0, 0.05) is 48.4 Å². The van der Waals surface area contributed by atoms with Crippen LogP contribution < -0.4 is 15.8 Å². The molecule has 5 heterocycles. The smallest absolute Gasteiger partial charge is 0.431 e. The molecule has 234 valence electrons. The topological polar surface area (TPSA) is 86.5 Å². The first-order valence-electron chi connectivity index (χ1n) is 14.8. The minimum atomic E-state index is -5.02. The molecular formula is C32H30F4N6O2S. The van der Waals surface area contributed by atoms with E-state index in [1.54, 1.807) is 0 Å². The van der Waals surface area contributed by atoms with Gasteiger partial charge < -0.3 is 20.2 Å². The van der Waals surface area contributed by atoms with Gasteiger partial charge in [0.25, 0.3) is 5.56 Å². The van der Waals surface area contributed by atoms with E-state index in [-0.39, 0.29) is 56.9 Å². The lowest BCUT2D eigenvalue weighted by atomic mass is 10.0. The maximum Gasteiger partial charge on any atom is 0.431 e. The van der Waals surface area contributed by atoms with E-state index in [2.05, 4.69) is 21.1 Å². The number of phenols is 1. The van der Waals surface area contributed by atoms with Crippen LogP contribution in [0.3, 0.4) is 0 Å². The van der Waals surface area contributed by atoms with Crippen LogP contribution >= 0.6 is 11.8 Å². The van der Waals surface area contributed by atoms with E-state index in [9.17, 15) is 27.5 Å². The molecular weight excluding hydrogens is 608 g/mol. The molecule has 2 aromatic carbocycles. The Kier molecular flexibility index (Phi) is 7.42. The van der Waals surface area contributed by atoms with Crippen LogP contribution in [0, 0.1) is 18.2 Å². The van der Waals surface area contributed by atoms with Crippen molar-refractivity contribution >= 4 is 39.3 Å². The molecule has 3 saturated heterocycles. The predicted octanol–water partition coefficient (Wildman–Crippen LogP) is 4.91. The molecule has 2 bridgehead atoms. The number of aromatic hydroxyl groups is 1. The number of fused-ring (bicyclic) bond motifs is 4. The Hall–Kier alpha value is -3.86. The van der Waals surface area contributed by atoms with Crippen LogP contribution in [0.1, 0.15) is 36.9 Å². The second kappa shape index (κ2) is 11.2. The number of thioether (sulfide) groups is 1. The van der Waals surface area contributed by atoms with Crippen LogP contribution in [0.2, 0.25) is 0 Å². The number of likely N-dealkylation sites (tertiary alicyclic amines) is 1. The lowest BCUT2D eigenvalue weighted by Gasteiger charge is -2.34. The molecule has 3 aliphatic heterocycles. The number of aromatic nitrogens is 3. The molecule has 0 unspecified atom stereocenters. The highest BCUT2D eigenvalue weighted by atomic mass is 32.2. The molecule has 4 aromatic rings. The highest BCUT2D eigenvalue weighted by Gasteiger charge is 2.39. The molecule has 2 N–H and O–H groups in total. The van der Waals surface area contributed by atoms with Crippen molar-refractivity contribution in [1.29, 1.82) is 0 Å². The van der Waals surface area contributed by atoms with Crippen LogP contribution in [0.5, 0.6) is 5.75 Å². The van der Waals surface area contributed by atoms with Gasteiger partial charge in [0.1, 0.15) is 28.6 Å². The van der Waals surface area contributed by atoms with E-state index < -0.39 is 29.0 Å². The molecule has 0 radical (unpaired) electrons. The first-order valence-corrected chi connectivity index (χ1v) is 15.8. The van der Waals surface area contributed by atoms with Crippen molar-refractivity contribution in [3.8, 4) is 23.8 Å². The van der Waals surface area contributed by atoms with Crippen molar-refractivity contribution in [3.63, 3.8) is 0 Å². The van der Waals surface area contributed by atoms with E-state index in [0.717, 1.165) is 50.4 Å². The lowest BCUT2D eigenvalue weighted by molar-refractivity contribution is -0.142. The summed E-state index contributed by atoms with van der Waals surface area (Å²) in [4.78, 5) is 27.9. The van der Waals surface area contributed by atoms with E-state index in [1.165, 1.54) is 23.9 Å². The van der Waals surface area contributed by atoms with Gasteiger partial charge in [-0.15, -0.1) is 6.42 Å². The van der Waals surface area contributed by atoms with E-state index in [0.29, 0.717) is 28.6 Å². The van der Waals surface area contributed by atoms with Gasteiger partial charge in [-0.3, -0.25) is 9.36 Å². The molecule has 45 heavy (non-hydrogen) atoms. The molecule has 2 aromatic heterocycles. The molecule has 0 aliphatic carbocycles. The molecule has 0 saturated carbocycles. The average molecular weight is 639 g/mol. The van der Waals surface area contributed by atoms with Crippen molar-refractivity contribution in [1.82, 2.24) is 24.8 Å². The largest absolute Gasteiger partial charge is 0.508 e. The van der Waals surface area contributed by atoms with Crippen LogP contribution in [0.25, 0.3) is 27.4 Å². The normalized spacial score (nSPS) is 22.0. The first-order chi connectivity index (χ1) is 21.5. The van der Waals surface area contributed by atoms with Crippen molar-refractivity contribution in [2.24, 2.45) is 0 Å². The van der Waals surface area contributed by atoms with Gasteiger partial charge in [-0.25, -0.2) is 14.4 Å². The van der Waals surface area contributed by atoms with Gasteiger partial charge >= 0.3 is 6.18 Å². The van der Waals surface area contributed by atoms with Crippen LogP contribution in [0.4, 0.5) is 23.4 Å². The minimum absolute atomic E-state index is 0.0139. The molecule has 7 rings (SSSR count). The Morgan fingerprint density at radius 3 is 2.56 bits per heavy atom. The zero-order valence-electron chi connectivity index (χ0n) is 24.4. The van der Waals surface area contributed by atoms with Crippen molar-refractivity contribution in [2.45, 2.75) is 55.1 Å². The molecule has 0 amide bonds. The minimum Gasteiger partial charge on any atom is -0.508 e. The quantitative estimate of drug-likeness (QED) is 0.138. The number of phenolic OH excluding ortho intramolecular Hbond substituents is 1. The fraction of sp³-hybridized carbons (Fsp3) is 0.406. The third-order valence-electron chi connectivity index (χ3n) is 9.13. The van der Waals surface area contributed by atoms with Crippen LogP contribution in [-0.2, 0) is 6.18 Å². The van der Waals surface area contributed by atoms with Crippen molar-refractivity contribution in [2.75, 3.05) is 37.3 Å². The maximum atomic E-state index is 14.9. The van der Waals surface area contributed by atoms with E-state index in [4.69, 9.17) is 11.4 Å². The molecule has 3 aliphatic rings. The number of nitrogens with one attached hydrogen (secondary N) is 1. The Morgan fingerprint density at radius 1 is 1.13 bits per heavy atom. The number of halogens is 4. The summed E-state index contributed by atoms with van der Waals surface area (Å²) in [6.45, 7) is 2.04. The number of hydrogen-bond acceptors (Lipinski definition) is 8. The van der Waals surface area contributed by atoms with Crippen molar-refractivity contribution in [3.05, 3.63) is 57.8 Å². The number of alkyl halides is 3. The third-order valence-corrected chi connectivity index (χ3v) is 10.1. The Labute approximate surface area is 260 Å². The van der Waals surface area contributed by atoms with Gasteiger partial charge in [-0.1, -0.05) is 23.7 Å². The van der Waals surface area contributed by atoms with Crippen molar-refractivity contribution < 1.29 is 22.7 Å². The fourth-order valence-corrected chi connectivity index (χ4v) is 8.02. The van der Waals surface area contributed by atoms with E-state index in [1.807, 2.05) is 11.9 Å². The van der Waals surface area contributed by atoms with Gasteiger partial charge in [0.05, 0.1) is 16.6 Å². The zero-order chi connectivity index (χ0) is 31.6. The summed E-state index contributed by atoms with van der Waals surface area (Å²) in [5.41, 5.74) is -3.29. The summed E-state index contributed by atoms with van der Waals surface area (Å²) in [7, 11) is 2.05. The highest BCUT2D eigenvalue weighted by molar-refractivity contribution is 7.99. The van der Waals surface area contributed by atoms with Gasteiger partial charge in [0.15, 0.2) is 5.16 Å². The van der Waals surface area contributed by atoms with Gasteiger partial charge in [-0.2, -0.15) is 13.2 Å². The summed E-state index contributed by atoms with van der Waals surface area (Å²) in [6, 6.07) is 6.11. The first kappa shape index (κ1) is 29.8. The summed E-state index contributed by atoms with van der Waals surface area (Å²) >= 11 is 1.37. The SMILES string of the molecule is C#Cc1c(F)ccc2cc(O)cc(-n3c(C(F)(F)F)cc4c(N5C[C@H]6CC[C@@H](C5)N6)nc(SC[C@@H]5CCCN5C)nc4c3=O)c12. The van der Waals surface area contributed by atoms with Crippen LogP contribution in [0.15, 0.2) is 40.3 Å². The second-order valence-electron chi connectivity index (χ2n) is 12.0. The third kappa shape index (κ3) is 5.28. The maximum absolute atomic E-state index is 14.9.